The van der Waals surface area contributed by atoms with E-state index in [1.807, 2.05) is 59.5 Å². The fourth-order valence-electron chi connectivity index (χ4n) is 6.15. The molecule has 1 amide bonds. The lowest BCUT2D eigenvalue weighted by Gasteiger charge is -2.31. The van der Waals surface area contributed by atoms with Gasteiger partial charge in [-0.3, -0.25) is 14.6 Å². The molecule has 1 saturated heterocycles. The van der Waals surface area contributed by atoms with Crippen molar-refractivity contribution in [2.45, 2.75) is 51.4 Å². The fraction of sp³-hybridized carbons (Fsp3) is 0.368. The molecule has 3 N–H and O–H groups in total. The summed E-state index contributed by atoms with van der Waals surface area (Å²) in [6.07, 6.45) is 3.53. The molecule has 270 valence electrons. The van der Waals surface area contributed by atoms with Gasteiger partial charge in [0.15, 0.2) is 0 Å². The quantitative estimate of drug-likeness (QED) is 0.134. The predicted octanol–water partition coefficient (Wildman–Crippen LogP) is 5.92. The third-order valence-electron chi connectivity index (χ3n) is 9.11. The third kappa shape index (κ3) is 9.16. The van der Waals surface area contributed by atoms with E-state index in [0.29, 0.717) is 57.8 Å². The highest BCUT2D eigenvalue weighted by Gasteiger charge is 2.22. The van der Waals surface area contributed by atoms with Crippen molar-refractivity contribution < 1.29 is 28.9 Å². The number of aliphatic hydroxyl groups excluding tert-OH is 1. The molecule has 11 nitrogen and oxygen atoms in total. The maximum atomic E-state index is 11.7. The average molecular weight is 737 g/mol. The van der Waals surface area contributed by atoms with Crippen molar-refractivity contribution in [3.63, 3.8) is 0 Å². The number of piperidine rings is 1. The number of carbonyl (C=O) groups excluding carboxylic acids is 2. The van der Waals surface area contributed by atoms with E-state index in [2.05, 4.69) is 15.6 Å². The molecule has 1 aliphatic rings. The molecule has 2 aromatic carbocycles. The summed E-state index contributed by atoms with van der Waals surface area (Å²) in [7, 11) is 4.49. The van der Waals surface area contributed by atoms with Gasteiger partial charge >= 0.3 is 5.97 Å². The summed E-state index contributed by atoms with van der Waals surface area (Å²) in [6, 6.07) is 17.0. The van der Waals surface area contributed by atoms with Gasteiger partial charge in [-0.15, -0.1) is 0 Å². The number of methoxy groups -OCH3 is 3. The number of ether oxygens (including phenoxy) is 3. The molecular formula is C38H43Cl2N5O6. The Labute approximate surface area is 308 Å². The maximum absolute atomic E-state index is 11.7. The summed E-state index contributed by atoms with van der Waals surface area (Å²) in [6.45, 7) is 3.85. The number of hydrogen-bond acceptors (Lipinski definition) is 10. The van der Waals surface area contributed by atoms with E-state index in [1.165, 1.54) is 7.11 Å². The van der Waals surface area contributed by atoms with Crippen molar-refractivity contribution in [3.05, 3.63) is 82.0 Å². The molecule has 51 heavy (non-hydrogen) atoms. The monoisotopic (exact) mass is 735 g/mol. The Morgan fingerprint density at radius 3 is 2.35 bits per heavy atom. The molecule has 1 atom stereocenters. The van der Waals surface area contributed by atoms with Gasteiger partial charge in [0.1, 0.15) is 5.75 Å². The fourth-order valence-corrected chi connectivity index (χ4v) is 6.80. The number of nitrogens with zero attached hydrogens (tertiary/aromatic N) is 3. The van der Waals surface area contributed by atoms with Crippen LogP contribution in [-0.4, -0.2) is 85.0 Å². The minimum absolute atomic E-state index is 0.0418. The van der Waals surface area contributed by atoms with Crippen molar-refractivity contribution in [2.75, 3.05) is 41.0 Å². The molecule has 3 heterocycles. The van der Waals surface area contributed by atoms with Gasteiger partial charge < -0.3 is 34.9 Å². The summed E-state index contributed by atoms with van der Waals surface area (Å²) >= 11 is 14.1. The second kappa shape index (κ2) is 17.8. The van der Waals surface area contributed by atoms with Crippen molar-refractivity contribution in [1.29, 1.82) is 0 Å². The average Bonchev–Trinajstić information content (AvgIpc) is 3.16. The Kier molecular flexibility index (Phi) is 13.2. The Hall–Kier alpha value is -4.26. The molecule has 0 saturated carbocycles. The molecule has 1 fully saturated rings. The van der Waals surface area contributed by atoms with Gasteiger partial charge in [-0.05, 0) is 31.0 Å². The van der Waals surface area contributed by atoms with Crippen LogP contribution in [0.4, 0.5) is 0 Å². The first-order valence-electron chi connectivity index (χ1n) is 16.7. The summed E-state index contributed by atoms with van der Waals surface area (Å²) < 4.78 is 16.1. The van der Waals surface area contributed by atoms with E-state index >= 15 is 0 Å². The molecular weight excluding hydrogens is 693 g/mol. The highest BCUT2D eigenvalue weighted by Crippen LogP contribution is 2.42. The number of likely N-dealkylation sites (tertiary alicyclic amines) is 1. The zero-order valence-corrected chi connectivity index (χ0v) is 30.7. The highest BCUT2D eigenvalue weighted by atomic mass is 35.5. The number of aliphatic hydroxyl groups is 1. The van der Waals surface area contributed by atoms with Crippen LogP contribution >= 0.6 is 23.2 Å². The third-order valence-corrected chi connectivity index (χ3v) is 9.90. The SMILES string of the molecule is COC(=O)C[C@H](CO)NCc1ccc(-c2nccc(-c3cccc(-c4ccc(CNC5CCN(C(C)=O)CC5)c(OC)n4)c3Cl)c2Cl)cc1OC. The van der Waals surface area contributed by atoms with E-state index in [0.717, 1.165) is 53.7 Å². The van der Waals surface area contributed by atoms with Crippen molar-refractivity contribution in [3.8, 4) is 45.3 Å². The second-order valence-corrected chi connectivity index (χ2v) is 13.0. The van der Waals surface area contributed by atoms with Gasteiger partial charge in [0, 0.05) is 84.8 Å². The largest absolute Gasteiger partial charge is 0.496 e. The predicted molar refractivity (Wildman–Crippen MR) is 198 cm³/mol. The topological polar surface area (TPSA) is 135 Å². The molecule has 13 heteroatoms. The Balaban J connectivity index is 1.35. The zero-order chi connectivity index (χ0) is 36.5. The number of amides is 1. The van der Waals surface area contributed by atoms with Gasteiger partial charge in [0.2, 0.25) is 11.8 Å². The van der Waals surface area contributed by atoms with E-state index in [9.17, 15) is 14.7 Å². The van der Waals surface area contributed by atoms with Crippen molar-refractivity contribution in [2.24, 2.45) is 0 Å². The molecule has 4 aromatic rings. The number of aromatic nitrogens is 2. The number of hydrogen-bond donors (Lipinski definition) is 3. The van der Waals surface area contributed by atoms with Crippen LogP contribution in [-0.2, 0) is 27.4 Å². The second-order valence-electron chi connectivity index (χ2n) is 12.3. The molecule has 1 aliphatic heterocycles. The van der Waals surface area contributed by atoms with Crippen LogP contribution in [0.15, 0.2) is 60.8 Å². The molecule has 2 aromatic heterocycles. The zero-order valence-electron chi connectivity index (χ0n) is 29.2. The van der Waals surface area contributed by atoms with Gasteiger partial charge in [-0.25, -0.2) is 4.98 Å². The lowest BCUT2D eigenvalue weighted by Crippen LogP contribution is -2.44. The van der Waals surface area contributed by atoms with Crippen molar-refractivity contribution >= 4 is 35.1 Å². The number of nitrogens with one attached hydrogen (secondary N) is 2. The van der Waals surface area contributed by atoms with Crippen LogP contribution in [0.1, 0.15) is 37.3 Å². The molecule has 0 bridgehead atoms. The first-order chi connectivity index (χ1) is 24.7. The molecule has 0 unspecified atom stereocenters. The van der Waals surface area contributed by atoms with E-state index in [4.69, 9.17) is 42.4 Å². The Morgan fingerprint density at radius 2 is 1.67 bits per heavy atom. The number of carbonyl (C=O) groups is 2. The maximum Gasteiger partial charge on any atom is 0.307 e. The Morgan fingerprint density at radius 1 is 0.941 bits per heavy atom. The number of esters is 1. The molecule has 5 rings (SSSR count). The van der Waals surface area contributed by atoms with Gasteiger partial charge in [-0.1, -0.05) is 59.6 Å². The first-order valence-corrected chi connectivity index (χ1v) is 17.5. The van der Waals surface area contributed by atoms with Crippen LogP contribution in [0.25, 0.3) is 33.6 Å². The minimum atomic E-state index is -0.463. The molecule has 0 aliphatic carbocycles. The standard InChI is InChI=1S/C38H43Cl2N5O6/c1-23(47)45-16-13-27(14-17-45)42-21-26-10-11-32(44-38(26)51-4)31-7-5-6-29(35(31)39)30-12-15-41-37(36(30)40)24-8-9-25(33(18-24)49-2)20-43-28(22-46)19-34(48)50-3/h5-12,15,18,27-28,42-43,46H,13-14,16-17,19-22H2,1-4H3/t28-/m1/s1. The normalized spacial score (nSPS) is 13.9. The summed E-state index contributed by atoms with van der Waals surface area (Å²) in [5.74, 6) is 0.811. The van der Waals surface area contributed by atoms with Crippen molar-refractivity contribution in [1.82, 2.24) is 25.5 Å². The summed E-state index contributed by atoms with van der Waals surface area (Å²) in [5.41, 5.74) is 5.86. The van der Waals surface area contributed by atoms with Gasteiger partial charge in [-0.2, -0.15) is 0 Å². The minimum Gasteiger partial charge on any atom is -0.496 e. The molecule has 0 spiro atoms. The number of halogens is 2. The van der Waals surface area contributed by atoms with Crippen LogP contribution in [0, 0.1) is 0 Å². The van der Waals surface area contributed by atoms with E-state index < -0.39 is 12.0 Å². The first kappa shape index (κ1) is 38.0. The van der Waals surface area contributed by atoms with Crippen LogP contribution in [0.3, 0.4) is 0 Å². The molecule has 0 radical (unpaired) electrons. The van der Waals surface area contributed by atoms with Gasteiger partial charge in [0.25, 0.3) is 0 Å². The van der Waals surface area contributed by atoms with Gasteiger partial charge in [0.05, 0.1) is 55.8 Å². The van der Waals surface area contributed by atoms with E-state index in [1.54, 1.807) is 27.3 Å². The van der Waals surface area contributed by atoms with Crippen LogP contribution in [0.2, 0.25) is 10.0 Å². The van der Waals surface area contributed by atoms with E-state index in [-0.39, 0.29) is 18.9 Å². The highest BCUT2D eigenvalue weighted by molar-refractivity contribution is 6.39. The lowest BCUT2D eigenvalue weighted by atomic mass is 9.99. The van der Waals surface area contributed by atoms with Crippen LogP contribution < -0.4 is 20.1 Å². The number of benzene rings is 2. The Bertz CT molecular complexity index is 1850. The number of rotatable bonds is 14. The lowest BCUT2D eigenvalue weighted by molar-refractivity contribution is -0.141. The summed E-state index contributed by atoms with van der Waals surface area (Å²) in [4.78, 5) is 34.6. The summed E-state index contributed by atoms with van der Waals surface area (Å²) in [5, 5.41) is 17.3. The smallest absolute Gasteiger partial charge is 0.307 e. The van der Waals surface area contributed by atoms with Crippen LogP contribution in [0.5, 0.6) is 11.6 Å². The number of pyridine rings is 2.